The lowest BCUT2D eigenvalue weighted by molar-refractivity contribution is 0.0668. The van der Waals surface area contributed by atoms with Crippen LogP contribution in [-0.2, 0) is 6.54 Å². The van der Waals surface area contributed by atoms with Crippen LogP contribution in [0.15, 0.2) is 72.1 Å². The van der Waals surface area contributed by atoms with Crippen LogP contribution in [0.4, 0.5) is 4.39 Å². The van der Waals surface area contributed by atoms with Crippen molar-refractivity contribution in [3.63, 3.8) is 0 Å². The zero-order chi connectivity index (χ0) is 21.8. The first-order chi connectivity index (χ1) is 15.0. The van der Waals surface area contributed by atoms with Gasteiger partial charge in [-0.25, -0.2) is 4.39 Å². The molecule has 1 aliphatic rings. The molecule has 3 nitrogen and oxygen atoms in total. The highest BCUT2D eigenvalue weighted by Gasteiger charge is 2.36. The Morgan fingerprint density at radius 3 is 2.45 bits per heavy atom. The molecule has 1 aromatic heterocycles. The van der Waals surface area contributed by atoms with E-state index in [9.17, 15) is 9.18 Å². The van der Waals surface area contributed by atoms with E-state index in [2.05, 4.69) is 66.6 Å². The summed E-state index contributed by atoms with van der Waals surface area (Å²) in [5.74, 6) is 0.368. The Labute approximate surface area is 188 Å². The van der Waals surface area contributed by atoms with Crippen molar-refractivity contribution < 1.29 is 9.18 Å². The molecule has 0 N–H and O–H groups in total. The summed E-state index contributed by atoms with van der Waals surface area (Å²) in [7, 11) is 0. The van der Waals surface area contributed by atoms with Crippen molar-refractivity contribution in [1.82, 2.24) is 9.80 Å². The second kappa shape index (κ2) is 9.75. The van der Waals surface area contributed by atoms with E-state index in [0.717, 1.165) is 19.6 Å². The van der Waals surface area contributed by atoms with Gasteiger partial charge in [-0.3, -0.25) is 9.69 Å². The number of nitrogens with zero attached hydrogens (tertiary/aromatic N) is 2. The molecule has 0 saturated carbocycles. The molecule has 31 heavy (non-hydrogen) atoms. The monoisotopic (exact) mass is 436 g/mol. The number of amides is 1. The number of likely N-dealkylation sites (tertiary alicyclic amines) is 1. The fourth-order valence-electron chi connectivity index (χ4n) is 4.51. The van der Waals surface area contributed by atoms with E-state index >= 15 is 0 Å². The molecule has 1 amide bonds. The van der Waals surface area contributed by atoms with Crippen LogP contribution < -0.4 is 0 Å². The molecule has 2 heterocycles. The number of carbonyl (C=O) groups is 1. The van der Waals surface area contributed by atoms with Gasteiger partial charge in [0.15, 0.2) is 0 Å². The Hall–Kier alpha value is -2.50. The lowest BCUT2D eigenvalue weighted by Gasteiger charge is -2.32. The van der Waals surface area contributed by atoms with Crippen LogP contribution in [0.3, 0.4) is 0 Å². The number of thiophene rings is 1. The van der Waals surface area contributed by atoms with E-state index in [-0.39, 0.29) is 17.8 Å². The molecule has 162 valence electrons. The quantitative estimate of drug-likeness (QED) is 0.478. The van der Waals surface area contributed by atoms with E-state index in [1.54, 1.807) is 23.5 Å². The highest BCUT2D eigenvalue weighted by molar-refractivity contribution is 7.09. The first-order valence-corrected chi connectivity index (χ1v) is 11.8. The number of carbonyl (C=O) groups excluding carboxylic acids is 1. The number of halogens is 1. The molecule has 0 unspecified atom stereocenters. The van der Waals surface area contributed by atoms with Crippen LogP contribution in [0.5, 0.6) is 0 Å². The first kappa shape index (κ1) is 21.7. The van der Waals surface area contributed by atoms with Crippen molar-refractivity contribution in [3.8, 4) is 0 Å². The average Bonchev–Trinajstić information content (AvgIpc) is 3.42. The Bertz CT molecular complexity index is 972. The molecule has 5 heteroatoms. The Morgan fingerprint density at radius 2 is 1.81 bits per heavy atom. The molecule has 0 bridgehead atoms. The third-order valence-corrected chi connectivity index (χ3v) is 6.97. The van der Waals surface area contributed by atoms with E-state index in [1.165, 1.54) is 22.6 Å². The lowest BCUT2D eigenvalue weighted by atomic mass is 9.88. The van der Waals surface area contributed by atoms with E-state index < -0.39 is 0 Å². The van der Waals surface area contributed by atoms with Crippen LogP contribution in [0.25, 0.3) is 0 Å². The van der Waals surface area contributed by atoms with Gasteiger partial charge >= 0.3 is 0 Å². The second-order valence-electron chi connectivity index (χ2n) is 8.61. The normalized spacial score (nSPS) is 19.1. The van der Waals surface area contributed by atoms with Crippen molar-refractivity contribution in [3.05, 3.63) is 93.9 Å². The molecule has 3 aromatic rings. The first-order valence-electron chi connectivity index (χ1n) is 10.9. The fraction of sp³-hybridized carbons (Fsp3) is 0.346. The van der Waals surface area contributed by atoms with Gasteiger partial charge in [0.2, 0.25) is 0 Å². The summed E-state index contributed by atoms with van der Waals surface area (Å²) in [4.78, 5) is 19.1. The number of benzene rings is 2. The van der Waals surface area contributed by atoms with Gasteiger partial charge in [0.05, 0.1) is 0 Å². The van der Waals surface area contributed by atoms with Crippen molar-refractivity contribution >= 4 is 17.2 Å². The van der Waals surface area contributed by atoms with Gasteiger partial charge in [-0.15, -0.1) is 11.3 Å². The minimum atomic E-state index is -0.322. The zero-order valence-electron chi connectivity index (χ0n) is 18.1. The Balaban J connectivity index is 1.55. The maximum Gasteiger partial charge on any atom is 0.254 e. The SMILES string of the molecule is CC(C)N(C[C@@H]1CN(Cc2cccs2)C[C@@H]1c1ccccc1)C(=O)c1ccc(F)cc1. The maximum atomic E-state index is 13.3. The molecule has 1 aliphatic heterocycles. The molecule has 0 spiro atoms. The second-order valence-corrected chi connectivity index (χ2v) is 9.64. The molecular weight excluding hydrogens is 407 g/mol. The molecule has 4 rings (SSSR count). The van der Waals surface area contributed by atoms with Gasteiger partial charge in [-0.2, -0.15) is 0 Å². The number of rotatable bonds is 7. The molecule has 0 radical (unpaired) electrons. The average molecular weight is 437 g/mol. The summed E-state index contributed by atoms with van der Waals surface area (Å²) >= 11 is 1.79. The van der Waals surface area contributed by atoms with Crippen LogP contribution in [-0.4, -0.2) is 41.4 Å². The summed E-state index contributed by atoms with van der Waals surface area (Å²) in [5, 5.41) is 2.12. The molecule has 2 aromatic carbocycles. The van der Waals surface area contributed by atoms with Gasteiger partial charge in [-0.1, -0.05) is 36.4 Å². The zero-order valence-corrected chi connectivity index (χ0v) is 18.9. The van der Waals surface area contributed by atoms with E-state index in [0.29, 0.717) is 23.9 Å². The van der Waals surface area contributed by atoms with Gasteiger partial charge < -0.3 is 4.90 Å². The predicted octanol–water partition coefficient (Wildman–Crippen LogP) is 5.65. The Morgan fingerprint density at radius 1 is 1.06 bits per heavy atom. The molecule has 1 saturated heterocycles. The third-order valence-electron chi connectivity index (χ3n) is 6.11. The summed E-state index contributed by atoms with van der Waals surface area (Å²) in [6.07, 6.45) is 0. The van der Waals surface area contributed by atoms with Gasteiger partial charge in [0, 0.05) is 48.6 Å². The third kappa shape index (κ3) is 5.23. The number of hydrogen-bond acceptors (Lipinski definition) is 3. The molecule has 0 aliphatic carbocycles. The van der Waals surface area contributed by atoms with Crippen molar-refractivity contribution in [2.45, 2.75) is 32.4 Å². The fourth-order valence-corrected chi connectivity index (χ4v) is 5.26. The smallest absolute Gasteiger partial charge is 0.254 e. The van der Waals surface area contributed by atoms with Crippen LogP contribution in [0, 0.1) is 11.7 Å². The van der Waals surface area contributed by atoms with E-state index in [1.807, 2.05) is 4.90 Å². The Kier molecular flexibility index (Phi) is 6.83. The van der Waals surface area contributed by atoms with Crippen molar-refractivity contribution in [2.75, 3.05) is 19.6 Å². The maximum absolute atomic E-state index is 13.3. The van der Waals surface area contributed by atoms with Crippen LogP contribution in [0.1, 0.15) is 40.6 Å². The minimum absolute atomic E-state index is 0.0291. The largest absolute Gasteiger partial charge is 0.336 e. The molecule has 2 atom stereocenters. The highest BCUT2D eigenvalue weighted by Crippen LogP contribution is 2.35. The van der Waals surface area contributed by atoms with Crippen molar-refractivity contribution in [2.24, 2.45) is 5.92 Å². The summed E-state index contributed by atoms with van der Waals surface area (Å²) in [5.41, 5.74) is 1.87. The molecule has 1 fully saturated rings. The summed E-state index contributed by atoms with van der Waals surface area (Å²) in [6, 6.07) is 20.9. The van der Waals surface area contributed by atoms with Crippen LogP contribution >= 0.6 is 11.3 Å². The summed E-state index contributed by atoms with van der Waals surface area (Å²) < 4.78 is 13.3. The van der Waals surface area contributed by atoms with Crippen molar-refractivity contribution in [1.29, 1.82) is 0 Å². The van der Waals surface area contributed by atoms with Gasteiger partial charge in [0.1, 0.15) is 5.82 Å². The molecular formula is C26H29FN2OS. The van der Waals surface area contributed by atoms with E-state index in [4.69, 9.17) is 0 Å². The van der Waals surface area contributed by atoms with Crippen LogP contribution in [0.2, 0.25) is 0 Å². The number of hydrogen-bond donors (Lipinski definition) is 0. The highest BCUT2D eigenvalue weighted by atomic mass is 32.1. The van der Waals surface area contributed by atoms with Gasteiger partial charge in [-0.05, 0) is 61.0 Å². The topological polar surface area (TPSA) is 23.6 Å². The van der Waals surface area contributed by atoms with Gasteiger partial charge in [0.25, 0.3) is 5.91 Å². The summed E-state index contributed by atoms with van der Waals surface area (Å²) in [6.45, 7) is 7.69. The standard InChI is InChI=1S/C26H29FN2OS/c1-19(2)29(26(30)21-10-12-23(27)13-11-21)16-22-15-28(17-24-9-6-14-31-24)18-25(22)20-7-4-3-5-8-20/h3-14,19,22,25H,15-18H2,1-2H3/t22-,25+/m0/s1. The predicted molar refractivity (Wildman–Crippen MR) is 125 cm³/mol. The lowest BCUT2D eigenvalue weighted by Crippen LogP contribution is -2.42. The minimum Gasteiger partial charge on any atom is -0.336 e.